The van der Waals surface area contributed by atoms with Crippen LogP contribution in [0, 0.1) is 0 Å². The third kappa shape index (κ3) is 2.87. The van der Waals surface area contributed by atoms with Crippen molar-refractivity contribution in [1.82, 2.24) is 10.3 Å². The normalized spacial score (nSPS) is 18.5. The molecular formula is C14H17ClN2S2. The number of rotatable bonds is 4. The van der Waals surface area contributed by atoms with Gasteiger partial charge in [-0.1, -0.05) is 18.5 Å². The van der Waals surface area contributed by atoms with E-state index >= 15 is 0 Å². The zero-order chi connectivity index (χ0) is 13.2. The third-order valence-corrected chi connectivity index (χ3v) is 5.99. The summed E-state index contributed by atoms with van der Waals surface area (Å²) in [6, 6.07) is 4.53. The van der Waals surface area contributed by atoms with E-state index in [1.165, 1.54) is 34.7 Å². The van der Waals surface area contributed by atoms with Crippen LogP contribution in [0.5, 0.6) is 0 Å². The van der Waals surface area contributed by atoms with E-state index in [2.05, 4.69) is 18.3 Å². The monoisotopic (exact) mass is 312 g/mol. The minimum absolute atomic E-state index is 0.505. The molecule has 1 atom stereocenters. The van der Waals surface area contributed by atoms with Crippen LogP contribution in [0.25, 0.3) is 9.88 Å². The molecule has 0 aromatic carbocycles. The minimum Gasteiger partial charge on any atom is -0.309 e. The molecule has 102 valence electrons. The van der Waals surface area contributed by atoms with E-state index in [0.29, 0.717) is 6.04 Å². The molecule has 0 radical (unpaired) electrons. The fourth-order valence-corrected chi connectivity index (χ4v) is 4.79. The molecule has 0 saturated heterocycles. The van der Waals surface area contributed by atoms with E-state index < -0.39 is 0 Å². The van der Waals surface area contributed by atoms with Gasteiger partial charge in [-0.3, -0.25) is 0 Å². The number of halogens is 1. The molecular weight excluding hydrogens is 296 g/mol. The Labute approximate surface area is 126 Å². The van der Waals surface area contributed by atoms with Gasteiger partial charge in [-0.15, -0.1) is 22.7 Å². The second kappa shape index (κ2) is 5.92. The number of aromatic nitrogens is 1. The first-order valence-corrected chi connectivity index (χ1v) is 8.77. The number of hydrogen-bond donors (Lipinski definition) is 1. The number of nitrogens with zero attached hydrogens (tertiary/aromatic N) is 1. The summed E-state index contributed by atoms with van der Waals surface area (Å²) in [6.07, 6.45) is 4.77. The van der Waals surface area contributed by atoms with Crippen molar-refractivity contribution < 1.29 is 0 Å². The van der Waals surface area contributed by atoms with Crippen LogP contribution in [0.2, 0.25) is 4.34 Å². The van der Waals surface area contributed by atoms with Crippen molar-refractivity contribution in [3.63, 3.8) is 0 Å². The first kappa shape index (κ1) is 13.6. The lowest BCUT2D eigenvalue weighted by Gasteiger charge is -2.22. The van der Waals surface area contributed by atoms with Crippen molar-refractivity contribution in [2.75, 3.05) is 6.54 Å². The van der Waals surface area contributed by atoms with Gasteiger partial charge in [0, 0.05) is 10.9 Å². The van der Waals surface area contributed by atoms with E-state index in [-0.39, 0.29) is 0 Å². The van der Waals surface area contributed by atoms with Crippen LogP contribution in [-0.2, 0) is 6.42 Å². The summed E-state index contributed by atoms with van der Waals surface area (Å²) in [5.41, 5.74) is 1.30. The predicted octanol–water partition coefficient (Wildman–Crippen LogP) is 4.90. The van der Waals surface area contributed by atoms with Crippen LogP contribution < -0.4 is 5.32 Å². The Hall–Kier alpha value is -0.420. The van der Waals surface area contributed by atoms with E-state index in [1.54, 1.807) is 11.3 Å². The number of thiophene rings is 1. The maximum Gasteiger partial charge on any atom is 0.134 e. The highest BCUT2D eigenvalue weighted by Gasteiger charge is 2.24. The number of nitrogens with one attached hydrogen (secondary N) is 1. The maximum absolute atomic E-state index is 6.02. The average Bonchev–Trinajstić information content (AvgIpc) is 3.02. The van der Waals surface area contributed by atoms with Crippen LogP contribution in [0.15, 0.2) is 12.1 Å². The van der Waals surface area contributed by atoms with Gasteiger partial charge >= 0.3 is 0 Å². The summed E-state index contributed by atoms with van der Waals surface area (Å²) < 4.78 is 0.837. The van der Waals surface area contributed by atoms with Gasteiger partial charge in [0.25, 0.3) is 0 Å². The molecule has 0 bridgehead atoms. The van der Waals surface area contributed by atoms with Gasteiger partial charge in [-0.2, -0.15) is 0 Å². The molecule has 0 fully saturated rings. The van der Waals surface area contributed by atoms with E-state index in [4.69, 9.17) is 16.6 Å². The highest BCUT2D eigenvalue weighted by Crippen LogP contribution is 2.40. The Bertz CT molecular complexity index is 562. The van der Waals surface area contributed by atoms with E-state index in [0.717, 1.165) is 22.3 Å². The number of hydrogen-bond acceptors (Lipinski definition) is 4. The van der Waals surface area contributed by atoms with Crippen LogP contribution in [0.3, 0.4) is 0 Å². The molecule has 0 amide bonds. The van der Waals surface area contributed by atoms with Crippen molar-refractivity contribution in [1.29, 1.82) is 0 Å². The van der Waals surface area contributed by atoms with Gasteiger partial charge in [0.1, 0.15) is 5.01 Å². The Morgan fingerprint density at radius 2 is 2.32 bits per heavy atom. The summed E-state index contributed by atoms with van der Waals surface area (Å²) in [5.74, 6) is 0. The second-order valence-electron chi connectivity index (χ2n) is 4.83. The summed E-state index contributed by atoms with van der Waals surface area (Å²) in [5, 5.41) is 4.78. The van der Waals surface area contributed by atoms with E-state index in [9.17, 15) is 0 Å². The van der Waals surface area contributed by atoms with Crippen LogP contribution in [-0.4, -0.2) is 11.5 Å². The standard InChI is InChI=1S/C14H17ClN2S2/c1-2-8-16-9-4-3-5-10-13(9)19-14(17-10)11-6-7-12(15)18-11/h6-7,9,16H,2-5,8H2,1H3. The Balaban J connectivity index is 1.88. The smallest absolute Gasteiger partial charge is 0.134 e. The van der Waals surface area contributed by atoms with Crippen molar-refractivity contribution in [2.24, 2.45) is 0 Å². The fraction of sp³-hybridized carbons (Fsp3) is 0.500. The molecule has 0 aliphatic heterocycles. The van der Waals surface area contributed by atoms with Gasteiger partial charge in [0.2, 0.25) is 0 Å². The summed E-state index contributed by atoms with van der Waals surface area (Å²) in [4.78, 5) is 7.46. The SMILES string of the molecule is CCCNC1CCCc2nc(-c3ccc(Cl)s3)sc21. The first-order valence-electron chi connectivity index (χ1n) is 6.76. The first-order chi connectivity index (χ1) is 9.28. The molecule has 3 rings (SSSR count). The van der Waals surface area contributed by atoms with Gasteiger partial charge < -0.3 is 5.32 Å². The lowest BCUT2D eigenvalue weighted by molar-refractivity contribution is 0.465. The number of fused-ring (bicyclic) bond motifs is 1. The summed E-state index contributed by atoms with van der Waals surface area (Å²) in [6.45, 7) is 3.30. The molecule has 1 unspecified atom stereocenters. The van der Waals surface area contributed by atoms with Gasteiger partial charge in [0.15, 0.2) is 0 Å². The molecule has 1 aliphatic rings. The fourth-order valence-electron chi connectivity index (χ4n) is 2.47. The van der Waals surface area contributed by atoms with Crippen LogP contribution in [0.1, 0.15) is 42.8 Å². The zero-order valence-corrected chi connectivity index (χ0v) is 13.3. The average molecular weight is 313 g/mol. The van der Waals surface area contributed by atoms with Crippen molar-refractivity contribution in [3.8, 4) is 9.88 Å². The molecule has 2 aromatic rings. The van der Waals surface area contributed by atoms with Crippen LogP contribution in [0.4, 0.5) is 0 Å². The number of aryl methyl sites for hydroxylation is 1. The highest BCUT2D eigenvalue weighted by molar-refractivity contribution is 7.23. The van der Waals surface area contributed by atoms with Crippen molar-refractivity contribution in [2.45, 2.75) is 38.6 Å². The molecule has 19 heavy (non-hydrogen) atoms. The Kier molecular flexibility index (Phi) is 4.22. The van der Waals surface area contributed by atoms with Crippen LogP contribution >= 0.6 is 34.3 Å². The number of thiazole rings is 1. The minimum atomic E-state index is 0.505. The third-order valence-electron chi connectivity index (χ3n) is 3.38. The summed E-state index contributed by atoms with van der Waals surface area (Å²) >= 11 is 9.47. The van der Waals surface area contributed by atoms with Gasteiger partial charge in [-0.05, 0) is 44.4 Å². The Morgan fingerprint density at radius 1 is 1.42 bits per heavy atom. The molecule has 2 heterocycles. The molecule has 1 aliphatic carbocycles. The molecule has 1 N–H and O–H groups in total. The van der Waals surface area contributed by atoms with Gasteiger partial charge in [0.05, 0.1) is 14.9 Å². The molecule has 2 nitrogen and oxygen atoms in total. The van der Waals surface area contributed by atoms with Gasteiger partial charge in [-0.25, -0.2) is 4.98 Å². The summed E-state index contributed by atoms with van der Waals surface area (Å²) in [7, 11) is 0. The molecule has 0 saturated carbocycles. The maximum atomic E-state index is 6.02. The highest BCUT2D eigenvalue weighted by atomic mass is 35.5. The second-order valence-corrected chi connectivity index (χ2v) is 7.58. The largest absolute Gasteiger partial charge is 0.309 e. The lowest BCUT2D eigenvalue weighted by Crippen LogP contribution is -2.24. The van der Waals surface area contributed by atoms with Crippen molar-refractivity contribution >= 4 is 34.3 Å². The predicted molar refractivity (Wildman–Crippen MR) is 84.4 cm³/mol. The molecule has 0 spiro atoms. The topological polar surface area (TPSA) is 24.9 Å². The lowest BCUT2D eigenvalue weighted by atomic mass is 9.98. The Morgan fingerprint density at radius 3 is 3.05 bits per heavy atom. The van der Waals surface area contributed by atoms with E-state index in [1.807, 2.05) is 17.4 Å². The molecule has 5 heteroatoms. The quantitative estimate of drug-likeness (QED) is 0.868. The van der Waals surface area contributed by atoms with Crippen molar-refractivity contribution in [3.05, 3.63) is 27.0 Å². The zero-order valence-electron chi connectivity index (χ0n) is 10.9. The molecule has 2 aromatic heterocycles.